The molecule has 1 rings (SSSR count). The molecular weight excluding hydrogens is 308 g/mol. The Kier molecular flexibility index (Phi) is 5.86. The van der Waals surface area contributed by atoms with Crippen LogP contribution in [-0.2, 0) is 16.8 Å². The lowest BCUT2D eigenvalue weighted by Gasteiger charge is -2.33. The number of carbonyl (C=O) groups is 1. The van der Waals surface area contributed by atoms with Crippen LogP contribution in [0, 0.1) is 0 Å². The van der Waals surface area contributed by atoms with Gasteiger partial charge in [-0.2, -0.15) is 0 Å². The second kappa shape index (κ2) is 6.82. The molecule has 0 amide bonds. The van der Waals surface area contributed by atoms with Crippen molar-refractivity contribution in [2.45, 2.75) is 77.6 Å². The molecule has 0 saturated carbocycles. The van der Waals surface area contributed by atoms with Gasteiger partial charge < -0.3 is 20.4 Å². The van der Waals surface area contributed by atoms with Crippen LogP contribution in [0.25, 0.3) is 0 Å². The van der Waals surface area contributed by atoms with Crippen LogP contribution in [0.1, 0.15) is 87.9 Å². The summed E-state index contributed by atoms with van der Waals surface area (Å²) in [7, 11) is 0. The van der Waals surface area contributed by atoms with Gasteiger partial charge in [-0.3, -0.25) is 0 Å². The van der Waals surface area contributed by atoms with E-state index in [-0.39, 0.29) is 16.7 Å². The van der Waals surface area contributed by atoms with Crippen molar-refractivity contribution in [2.24, 2.45) is 0 Å². The van der Waals surface area contributed by atoms with E-state index in [4.69, 9.17) is 0 Å². The fraction of sp³-hybridized carbons (Fsp3) is 0.632. The average molecular weight is 338 g/mol. The number of rotatable bonds is 7. The second-order valence-electron chi connectivity index (χ2n) is 7.13. The van der Waals surface area contributed by atoms with Gasteiger partial charge in [-0.15, -0.1) is 0 Å². The van der Waals surface area contributed by atoms with E-state index >= 15 is 0 Å². The molecule has 0 aliphatic carbocycles. The zero-order chi connectivity index (χ0) is 18.9. The molecule has 1 aromatic rings. The van der Waals surface area contributed by atoms with Crippen molar-refractivity contribution in [2.75, 3.05) is 0 Å². The van der Waals surface area contributed by atoms with E-state index in [0.717, 1.165) is 0 Å². The Balaban J connectivity index is 3.96. The molecule has 0 aliphatic rings. The first kappa shape index (κ1) is 20.6. The summed E-state index contributed by atoms with van der Waals surface area (Å²) in [4.78, 5) is 11.9. The van der Waals surface area contributed by atoms with E-state index in [1.165, 1.54) is 0 Å². The fourth-order valence-electron chi connectivity index (χ4n) is 2.62. The number of benzene rings is 1. The van der Waals surface area contributed by atoms with E-state index in [1.54, 1.807) is 46.8 Å². The highest BCUT2D eigenvalue weighted by Gasteiger charge is 2.36. The Morgan fingerprint density at radius 3 is 1.42 bits per heavy atom. The molecule has 136 valence electrons. The summed E-state index contributed by atoms with van der Waals surface area (Å²) in [6.07, 6.45) is 1.03. The minimum absolute atomic E-state index is 0.0932. The van der Waals surface area contributed by atoms with Gasteiger partial charge in [0.25, 0.3) is 0 Å². The van der Waals surface area contributed by atoms with Gasteiger partial charge in [0.2, 0.25) is 0 Å². The number of aromatic carboxylic acids is 1. The predicted molar refractivity (Wildman–Crippen MR) is 93.0 cm³/mol. The molecule has 3 unspecified atom stereocenters. The topological polar surface area (TPSA) is 98.0 Å². The molecule has 1 aromatic carbocycles. The van der Waals surface area contributed by atoms with Crippen LogP contribution in [-0.4, -0.2) is 26.4 Å². The Morgan fingerprint density at radius 2 is 1.17 bits per heavy atom. The average Bonchev–Trinajstić information content (AvgIpc) is 2.53. The number of hydrogen-bond donors (Lipinski definition) is 4. The van der Waals surface area contributed by atoms with Crippen molar-refractivity contribution < 1.29 is 25.2 Å². The molecule has 0 spiro atoms. The first-order valence-electron chi connectivity index (χ1n) is 8.44. The summed E-state index contributed by atoms with van der Waals surface area (Å²) in [5, 5.41) is 41.8. The highest BCUT2D eigenvalue weighted by Crippen LogP contribution is 2.39. The zero-order valence-corrected chi connectivity index (χ0v) is 15.5. The van der Waals surface area contributed by atoms with Crippen molar-refractivity contribution in [1.29, 1.82) is 0 Å². The molecule has 5 heteroatoms. The van der Waals surface area contributed by atoms with Crippen LogP contribution in [0.2, 0.25) is 0 Å². The van der Waals surface area contributed by atoms with Crippen LogP contribution in [0.15, 0.2) is 12.1 Å². The molecule has 0 heterocycles. The van der Waals surface area contributed by atoms with Crippen molar-refractivity contribution >= 4 is 5.97 Å². The molecule has 0 saturated heterocycles. The van der Waals surface area contributed by atoms with Gasteiger partial charge in [0.05, 0.1) is 22.4 Å². The van der Waals surface area contributed by atoms with Gasteiger partial charge in [0.15, 0.2) is 0 Å². The SMILES string of the molecule is CCC(C)(O)c1cc(C(C)(O)CC)c(C(=O)O)c(C(C)(O)CC)c1. The molecule has 0 fully saturated rings. The van der Waals surface area contributed by atoms with Crippen molar-refractivity contribution in [3.05, 3.63) is 34.4 Å². The number of aliphatic hydroxyl groups is 3. The van der Waals surface area contributed by atoms with Gasteiger partial charge in [-0.05, 0) is 68.9 Å². The Hall–Kier alpha value is -1.43. The van der Waals surface area contributed by atoms with Crippen LogP contribution in [0.5, 0.6) is 0 Å². The van der Waals surface area contributed by atoms with Gasteiger partial charge in [0, 0.05) is 0 Å². The molecule has 0 bridgehead atoms. The highest BCUT2D eigenvalue weighted by atomic mass is 16.4. The van der Waals surface area contributed by atoms with E-state index < -0.39 is 22.8 Å². The van der Waals surface area contributed by atoms with Crippen molar-refractivity contribution in [3.8, 4) is 0 Å². The largest absolute Gasteiger partial charge is 0.478 e. The van der Waals surface area contributed by atoms with Crippen LogP contribution in [0.4, 0.5) is 0 Å². The van der Waals surface area contributed by atoms with Crippen LogP contribution >= 0.6 is 0 Å². The molecule has 3 atom stereocenters. The summed E-state index contributed by atoms with van der Waals surface area (Å²) in [6, 6.07) is 3.09. The lowest BCUT2D eigenvalue weighted by molar-refractivity contribution is 0.0347. The second-order valence-corrected chi connectivity index (χ2v) is 7.13. The summed E-state index contributed by atoms with van der Waals surface area (Å²) in [5.74, 6) is -1.20. The summed E-state index contributed by atoms with van der Waals surface area (Å²) < 4.78 is 0. The maximum Gasteiger partial charge on any atom is 0.336 e. The van der Waals surface area contributed by atoms with Crippen LogP contribution < -0.4 is 0 Å². The fourth-order valence-corrected chi connectivity index (χ4v) is 2.62. The molecule has 0 aromatic heterocycles. The maximum absolute atomic E-state index is 11.9. The van der Waals surface area contributed by atoms with E-state index in [0.29, 0.717) is 24.8 Å². The van der Waals surface area contributed by atoms with Crippen LogP contribution in [0.3, 0.4) is 0 Å². The molecule has 0 radical (unpaired) electrons. The maximum atomic E-state index is 11.9. The predicted octanol–water partition coefficient (Wildman–Crippen LogP) is 3.24. The minimum Gasteiger partial charge on any atom is -0.478 e. The normalized spacial score (nSPS) is 19.2. The van der Waals surface area contributed by atoms with E-state index in [1.807, 2.05) is 6.92 Å². The first-order valence-corrected chi connectivity index (χ1v) is 8.44. The quantitative estimate of drug-likeness (QED) is 0.612. The standard InChI is InChI=1S/C19H30O5/c1-7-17(4,22)12-10-13(18(5,23)8-2)15(16(20)21)14(11-12)19(6,24)9-3/h10-11,22-24H,7-9H2,1-6H3,(H,20,21). The number of hydrogen-bond acceptors (Lipinski definition) is 4. The molecular formula is C19H30O5. The monoisotopic (exact) mass is 338 g/mol. The Morgan fingerprint density at radius 1 is 0.833 bits per heavy atom. The van der Waals surface area contributed by atoms with Gasteiger partial charge in [-0.25, -0.2) is 4.79 Å². The van der Waals surface area contributed by atoms with Crippen molar-refractivity contribution in [1.82, 2.24) is 0 Å². The van der Waals surface area contributed by atoms with Gasteiger partial charge in [0.1, 0.15) is 0 Å². The number of carboxylic acids is 1. The number of carboxylic acid groups (broad SMARTS) is 1. The molecule has 0 aliphatic heterocycles. The third kappa shape index (κ3) is 3.79. The molecule has 4 N–H and O–H groups in total. The third-order valence-electron chi connectivity index (χ3n) is 5.20. The van der Waals surface area contributed by atoms with E-state index in [2.05, 4.69) is 0 Å². The summed E-state index contributed by atoms with van der Waals surface area (Å²) in [6.45, 7) is 10.1. The van der Waals surface area contributed by atoms with Gasteiger partial charge in [-0.1, -0.05) is 20.8 Å². The van der Waals surface area contributed by atoms with E-state index in [9.17, 15) is 25.2 Å². The third-order valence-corrected chi connectivity index (χ3v) is 5.20. The summed E-state index contributed by atoms with van der Waals surface area (Å²) in [5.41, 5.74) is -3.13. The highest BCUT2D eigenvalue weighted by molar-refractivity contribution is 5.92. The molecule has 24 heavy (non-hydrogen) atoms. The Labute approximate surface area is 144 Å². The first-order chi connectivity index (χ1) is 10.8. The zero-order valence-electron chi connectivity index (χ0n) is 15.5. The Bertz CT molecular complexity index is 577. The summed E-state index contributed by atoms with van der Waals surface area (Å²) >= 11 is 0. The van der Waals surface area contributed by atoms with Gasteiger partial charge >= 0.3 is 5.97 Å². The lowest BCUT2D eigenvalue weighted by Crippen LogP contribution is -2.32. The molecule has 5 nitrogen and oxygen atoms in total. The lowest BCUT2D eigenvalue weighted by atomic mass is 9.77. The smallest absolute Gasteiger partial charge is 0.336 e. The van der Waals surface area contributed by atoms with Crippen molar-refractivity contribution in [3.63, 3.8) is 0 Å². The minimum atomic E-state index is -1.38.